The van der Waals surface area contributed by atoms with Crippen molar-refractivity contribution in [1.82, 2.24) is 25.3 Å². The number of nitriles is 1. The van der Waals surface area contributed by atoms with Crippen LogP contribution in [0.2, 0.25) is 0 Å². The Balaban J connectivity index is 1.34. The van der Waals surface area contributed by atoms with E-state index < -0.39 is 0 Å². The van der Waals surface area contributed by atoms with E-state index in [2.05, 4.69) is 48.5 Å². The zero-order chi connectivity index (χ0) is 26.5. The van der Waals surface area contributed by atoms with Crippen molar-refractivity contribution in [2.75, 3.05) is 50.1 Å². The summed E-state index contributed by atoms with van der Waals surface area (Å²) >= 11 is 0. The lowest BCUT2D eigenvalue weighted by Gasteiger charge is -2.28. The van der Waals surface area contributed by atoms with E-state index in [4.69, 9.17) is 4.74 Å². The first-order chi connectivity index (χ1) is 18.6. The molecule has 1 aliphatic rings. The Kier molecular flexibility index (Phi) is 7.38. The van der Waals surface area contributed by atoms with Crippen molar-refractivity contribution in [2.45, 2.75) is 12.8 Å². The Labute approximate surface area is 220 Å². The molecule has 1 fully saturated rings. The molecule has 0 spiro atoms. The number of anilines is 2. The molecule has 38 heavy (non-hydrogen) atoms. The van der Waals surface area contributed by atoms with Crippen LogP contribution < -0.4 is 15.5 Å². The fourth-order valence-corrected chi connectivity index (χ4v) is 4.62. The number of morpholine rings is 1. The van der Waals surface area contributed by atoms with E-state index in [0.717, 1.165) is 22.0 Å². The second-order valence-electron chi connectivity index (χ2n) is 9.06. The standard InChI is InChI=1S/C28H28N8O2/c1-18(21-4-3-5-22-23(28(37)30-2)6-7-31-26(21)22)15-32-25-13-24(34-17-35-25)20-12-19(14-29)27(33-16-20)36-8-10-38-11-9-36/h3-7,12-13,16-18H,8-11,15H2,1-2H3,(H,30,37)(H,32,34,35)/t18-/m1/s1. The van der Waals surface area contributed by atoms with E-state index in [0.29, 0.717) is 61.3 Å². The quantitative estimate of drug-likeness (QED) is 0.386. The summed E-state index contributed by atoms with van der Waals surface area (Å²) in [7, 11) is 1.62. The van der Waals surface area contributed by atoms with Gasteiger partial charge in [-0.15, -0.1) is 0 Å². The summed E-state index contributed by atoms with van der Waals surface area (Å²) in [6.45, 7) is 5.36. The maximum absolute atomic E-state index is 12.3. The van der Waals surface area contributed by atoms with E-state index >= 15 is 0 Å². The number of amides is 1. The van der Waals surface area contributed by atoms with Gasteiger partial charge in [-0.05, 0) is 17.7 Å². The van der Waals surface area contributed by atoms with E-state index in [-0.39, 0.29) is 11.8 Å². The highest BCUT2D eigenvalue weighted by atomic mass is 16.5. The summed E-state index contributed by atoms with van der Waals surface area (Å²) in [5.41, 5.74) is 4.38. The minimum absolute atomic E-state index is 0.0872. The van der Waals surface area contributed by atoms with Crippen molar-refractivity contribution in [3.63, 3.8) is 0 Å². The third-order valence-electron chi connectivity index (χ3n) is 6.65. The average Bonchev–Trinajstić information content (AvgIpc) is 2.99. The number of hydrogen-bond acceptors (Lipinski definition) is 9. The smallest absolute Gasteiger partial charge is 0.251 e. The number of carbonyl (C=O) groups excluding carboxylic acids is 1. The number of fused-ring (bicyclic) bond motifs is 1. The predicted octanol–water partition coefficient (Wildman–Crippen LogP) is 3.37. The van der Waals surface area contributed by atoms with Crippen molar-refractivity contribution in [3.8, 4) is 17.3 Å². The van der Waals surface area contributed by atoms with Gasteiger partial charge in [0, 0.05) is 62.0 Å². The molecule has 1 aliphatic heterocycles. The number of rotatable bonds is 7. The number of pyridine rings is 2. The number of para-hydroxylation sites is 1. The lowest BCUT2D eigenvalue weighted by Crippen LogP contribution is -2.37. The maximum Gasteiger partial charge on any atom is 0.251 e. The van der Waals surface area contributed by atoms with Gasteiger partial charge in [0.25, 0.3) is 5.91 Å². The van der Waals surface area contributed by atoms with Crippen LogP contribution in [0.15, 0.2) is 55.1 Å². The molecular weight excluding hydrogens is 480 g/mol. The monoisotopic (exact) mass is 508 g/mol. The maximum atomic E-state index is 12.3. The molecule has 1 amide bonds. The Morgan fingerprint density at radius 3 is 2.79 bits per heavy atom. The Hall–Kier alpha value is -4.62. The van der Waals surface area contributed by atoms with Gasteiger partial charge in [-0.2, -0.15) is 5.26 Å². The van der Waals surface area contributed by atoms with Crippen LogP contribution in [-0.4, -0.2) is 65.7 Å². The minimum Gasteiger partial charge on any atom is -0.378 e. The first-order valence-corrected chi connectivity index (χ1v) is 12.5. The summed E-state index contributed by atoms with van der Waals surface area (Å²) in [6.07, 6.45) is 4.91. The molecular formula is C28H28N8O2. The van der Waals surface area contributed by atoms with Gasteiger partial charge in [0.1, 0.15) is 24.0 Å². The number of benzene rings is 1. The normalized spacial score (nSPS) is 14.1. The Morgan fingerprint density at radius 1 is 1.16 bits per heavy atom. The molecule has 192 valence electrons. The highest BCUT2D eigenvalue weighted by Gasteiger charge is 2.18. The van der Waals surface area contributed by atoms with Crippen LogP contribution in [0.3, 0.4) is 0 Å². The van der Waals surface area contributed by atoms with Crippen LogP contribution in [-0.2, 0) is 4.74 Å². The van der Waals surface area contributed by atoms with Crippen molar-refractivity contribution < 1.29 is 9.53 Å². The molecule has 5 rings (SSSR count). The molecule has 2 N–H and O–H groups in total. The van der Waals surface area contributed by atoms with E-state index in [1.165, 1.54) is 6.33 Å². The third-order valence-corrected chi connectivity index (χ3v) is 6.65. The van der Waals surface area contributed by atoms with Crippen molar-refractivity contribution in [2.24, 2.45) is 0 Å². The number of ether oxygens (including phenoxy) is 1. The third kappa shape index (κ3) is 5.10. The first kappa shape index (κ1) is 25.0. The fourth-order valence-electron chi connectivity index (χ4n) is 4.62. The van der Waals surface area contributed by atoms with Crippen LogP contribution in [0.5, 0.6) is 0 Å². The van der Waals surface area contributed by atoms with Gasteiger partial charge < -0.3 is 20.3 Å². The second-order valence-corrected chi connectivity index (χ2v) is 9.06. The molecule has 10 heteroatoms. The van der Waals surface area contributed by atoms with Gasteiger partial charge in [0.05, 0.1) is 35.6 Å². The van der Waals surface area contributed by atoms with Gasteiger partial charge in [-0.3, -0.25) is 9.78 Å². The fraction of sp³-hybridized carbons (Fsp3) is 0.286. The van der Waals surface area contributed by atoms with Crippen LogP contribution >= 0.6 is 0 Å². The van der Waals surface area contributed by atoms with Gasteiger partial charge in [-0.25, -0.2) is 15.0 Å². The molecule has 0 unspecified atom stereocenters. The van der Waals surface area contributed by atoms with Crippen LogP contribution in [0.4, 0.5) is 11.6 Å². The largest absolute Gasteiger partial charge is 0.378 e. The summed E-state index contributed by atoms with van der Waals surface area (Å²) in [4.78, 5) is 32.3. The average molecular weight is 509 g/mol. The molecule has 4 heterocycles. The van der Waals surface area contributed by atoms with E-state index in [1.807, 2.05) is 30.3 Å². The number of aromatic nitrogens is 4. The van der Waals surface area contributed by atoms with Crippen LogP contribution in [0, 0.1) is 11.3 Å². The number of nitrogens with zero attached hydrogens (tertiary/aromatic N) is 6. The number of carbonyl (C=O) groups is 1. The summed E-state index contributed by atoms with van der Waals surface area (Å²) in [5.74, 6) is 1.28. The minimum atomic E-state index is -0.138. The molecule has 0 bridgehead atoms. The SMILES string of the molecule is CNC(=O)c1ccnc2c([C@H](C)CNc3cc(-c4cnc(N5CCOCC5)c(C#N)c4)ncn3)cccc12. The van der Waals surface area contributed by atoms with Crippen molar-refractivity contribution in [3.05, 3.63) is 71.8 Å². The highest BCUT2D eigenvalue weighted by molar-refractivity contribution is 6.06. The van der Waals surface area contributed by atoms with Crippen molar-refractivity contribution >= 4 is 28.4 Å². The number of nitrogens with one attached hydrogen (secondary N) is 2. The van der Waals surface area contributed by atoms with Gasteiger partial charge in [0.2, 0.25) is 0 Å². The summed E-state index contributed by atoms with van der Waals surface area (Å²) < 4.78 is 5.41. The zero-order valence-corrected chi connectivity index (χ0v) is 21.3. The molecule has 10 nitrogen and oxygen atoms in total. The Bertz CT molecular complexity index is 1510. The van der Waals surface area contributed by atoms with Gasteiger partial charge in [0.15, 0.2) is 0 Å². The summed E-state index contributed by atoms with van der Waals surface area (Å²) in [6, 6.07) is 13.6. The molecule has 4 aromatic rings. The van der Waals surface area contributed by atoms with Crippen LogP contribution in [0.1, 0.15) is 34.3 Å². The lowest BCUT2D eigenvalue weighted by molar-refractivity contribution is 0.0964. The second kappa shape index (κ2) is 11.2. The first-order valence-electron chi connectivity index (χ1n) is 12.5. The molecule has 0 aliphatic carbocycles. The highest BCUT2D eigenvalue weighted by Crippen LogP contribution is 2.28. The zero-order valence-electron chi connectivity index (χ0n) is 21.3. The van der Waals surface area contributed by atoms with Gasteiger partial charge >= 0.3 is 0 Å². The summed E-state index contributed by atoms with van der Waals surface area (Å²) in [5, 5.41) is 16.6. The molecule has 1 atom stereocenters. The molecule has 1 aromatic carbocycles. The Morgan fingerprint density at radius 2 is 2.00 bits per heavy atom. The predicted molar refractivity (Wildman–Crippen MR) is 145 cm³/mol. The van der Waals surface area contributed by atoms with Crippen LogP contribution in [0.25, 0.3) is 22.2 Å². The molecule has 0 saturated carbocycles. The van der Waals surface area contributed by atoms with Crippen molar-refractivity contribution in [1.29, 1.82) is 5.26 Å². The molecule has 1 saturated heterocycles. The van der Waals surface area contributed by atoms with Gasteiger partial charge in [-0.1, -0.05) is 25.1 Å². The molecule has 0 radical (unpaired) electrons. The topological polar surface area (TPSA) is 129 Å². The number of hydrogen-bond donors (Lipinski definition) is 2. The van der Waals surface area contributed by atoms with E-state index in [9.17, 15) is 10.1 Å². The van der Waals surface area contributed by atoms with E-state index in [1.54, 1.807) is 25.5 Å². The lowest BCUT2D eigenvalue weighted by atomic mass is 9.96. The molecule has 3 aromatic heterocycles.